The monoisotopic (exact) mass is 204 g/mol. The van der Waals surface area contributed by atoms with E-state index in [0.717, 1.165) is 5.56 Å². The standard InChI is InChI=1S/C9H7Cl2F/c10-3-1-2-7-4-8(11)6-9(12)5-7/h1-2,4-6H,3H2. The molecule has 12 heavy (non-hydrogen) atoms. The van der Waals surface area contributed by atoms with Crippen molar-refractivity contribution in [2.45, 2.75) is 0 Å². The van der Waals surface area contributed by atoms with Gasteiger partial charge < -0.3 is 0 Å². The molecule has 0 fully saturated rings. The van der Waals surface area contributed by atoms with Gasteiger partial charge in [0.1, 0.15) is 5.82 Å². The summed E-state index contributed by atoms with van der Waals surface area (Å²) in [7, 11) is 0. The van der Waals surface area contributed by atoms with Crippen molar-refractivity contribution in [3.8, 4) is 0 Å². The van der Waals surface area contributed by atoms with Crippen LogP contribution in [0.2, 0.25) is 5.02 Å². The van der Waals surface area contributed by atoms with Gasteiger partial charge in [-0.15, -0.1) is 11.6 Å². The summed E-state index contributed by atoms with van der Waals surface area (Å²) in [4.78, 5) is 0. The second kappa shape index (κ2) is 4.48. The quantitative estimate of drug-likeness (QED) is 0.645. The van der Waals surface area contributed by atoms with Crippen molar-refractivity contribution in [2.75, 3.05) is 5.88 Å². The normalized spacial score (nSPS) is 10.9. The van der Waals surface area contributed by atoms with Crippen molar-refractivity contribution in [3.05, 3.63) is 40.7 Å². The highest BCUT2D eigenvalue weighted by Gasteiger charge is 1.94. The molecule has 0 nitrogen and oxygen atoms in total. The highest BCUT2D eigenvalue weighted by atomic mass is 35.5. The molecule has 3 heteroatoms. The molecule has 0 amide bonds. The number of alkyl halides is 1. The molecular weight excluding hydrogens is 198 g/mol. The first-order valence-electron chi connectivity index (χ1n) is 3.41. The van der Waals surface area contributed by atoms with Crippen LogP contribution in [0.1, 0.15) is 5.56 Å². The minimum Gasteiger partial charge on any atom is -0.207 e. The van der Waals surface area contributed by atoms with Crippen LogP contribution in [0.15, 0.2) is 24.3 Å². The summed E-state index contributed by atoms with van der Waals surface area (Å²) < 4.78 is 12.7. The van der Waals surface area contributed by atoms with Crippen LogP contribution in [0.25, 0.3) is 6.08 Å². The van der Waals surface area contributed by atoms with Crippen LogP contribution in [-0.4, -0.2) is 5.88 Å². The highest BCUT2D eigenvalue weighted by molar-refractivity contribution is 6.30. The molecule has 0 aliphatic rings. The molecule has 1 rings (SSSR count). The molecule has 0 saturated heterocycles. The summed E-state index contributed by atoms with van der Waals surface area (Å²) in [6, 6.07) is 4.34. The van der Waals surface area contributed by atoms with Crippen molar-refractivity contribution in [1.29, 1.82) is 0 Å². The Morgan fingerprint density at radius 3 is 2.67 bits per heavy atom. The molecular formula is C9H7Cl2F. The Kier molecular flexibility index (Phi) is 3.57. The lowest BCUT2D eigenvalue weighted by Crippen LogP contribution is -1.77. The molecule has 0 aromatic heterocycles. The second-order valence-electron chi connectivity index (χ2n) is 2.26. The van der Waals surface area contributed by atoms with E-state index in [1.165, 1.54) is 12.1 Å². The topological polar surface area (TPSA) is 0 Å². The number of allylic oxidation sites excluding steroid dienone is 1. The fourth-order valence-electron chi connectivity index (χ4n) is 0.852. The van der Waals surface area contributed by atoms with E-state index in [9.17, 15) is 4.39 Å². The van der Waals surface area contributed by atoms with Crippen molar-refractivity contribution in [1.82, 2.24) is 0 Å². The summed E-state index contributed by atoms with van der Waals surface area (Å²) in [6.45, 7) is 0. The predicted molar refractivity (Wildman–Crippen MR) is 51.2 cm³/mol. The van der Waals surface area contributed by atoms with Gasteiger partial charge in [-0.2, -0.15) is 0 Å². The molecule has 0 saturated carbocycles. The predicted octanol–water partition coefficient (Wildman–Crippen LogP) is 3.73. The number of hydrogen-bond donors (Lipinski definition) is 0. The van der Waals surface area contributed by atoms with Gasteiger partial charge in [0.15, 0.2) is 0 Å². The van der Waals surface area contributed by atoms with Crippen LogP contribution in [0.5, 0.6) is 0 Å². The van der Waals surface area contributed by atoms with Crippen LogP contribution in [-0.2, 0) is 0 Å². The Morgan fingerprint density at radius 2 is 2.08 bits per heavy atom. The van der Waals surface area contributed by atoms with E-state index in [4.69, 9.17) is 23.2 Å². The van der Waals surface area contributed by atoms with Gasteiger partial charge in [-0.3, -0.25) is 0 Å². The first-order chi connectivity index (χ1) is 5.72. The summed E-state index contributed by atoms with van der Waals surface area (Å²) in [5.74, 6) is 0.0745. The van der Waals surface area contributed by atoms with E-state index in [2.05, 4.69) is 0 Å². The fraction of sp³-hybridized carbons (Fsp3) is 0.111. The third-order valence-corrected chi connectivity index (χ3v) is 1.68. The lowest BCUT2D eigenvalue weighted by Gasteiger charge is -1.95. The molecule has 0 aliphatic carbocycles. The fourth-order valence-corrected chi connectivity index (χ4v) is 1.17. The van der Waals surface area contributed by atoms with E-state index in [0.29, 0.717) is 10.9 Å². The van der Waals surface area contributed by atoms with E-state index < -0.39 is 0 Å². The van der Waals surface area contributed by atoms with Crippen molar-refractivity contribution in [2.24, 2.45) is 0 Å². The zero-order chi connectivity index (χ0) is 8.97. The van der Waals surface area contributed by atoms with Gasteiger partial charge in [-0.25, -0.2) is 4.39 Å². The zero-order valence-corrected chi connectivity index (χ0v) is 7.74. The van der Waals surface area contributed by atoms with Crippen LogP contribution in [0, 0.1) is 5.82 Å². The Morgan fingerprint density at radius 1 is 1.33 bits per heavy atom. The first-order valence-corrected chi connectivity index (χ1v) is 4.32. The molecule has 0 N–H and O–H groups in total. The van der Waals surface area contributed by atoms with Gasteiger partial charge >= 0.3 is 0 Å². The highest BCUT2D eigenvalue weighted by Crippen LogP contribution is 2.15. The number of rotatable bonds is 2. The first kappa shape index (κ1) is 9.56. The average molecular weight is 205 g/mol. The van der Waals surface area contributed by atoms with Crippen molar-refractivity contribution in [3.63, 3.8) is 0 Å². The average Bonchev–Trinajstić information content (AvgIpc) is 1.99. The van der Waals surface area contributed by atoms with Gasteiger partial charge in [-0.05, 0) is 23.8 Å². The third-order valence-electron chi connectivity index (χ3n) is 1.28. The van der Waals surface area contributed by atoms with Gasteiger partial charge in [0.05, 0.1) is 0 Å². The number of hydrogen-bond acceptors (Lipinski definition) is 0. The van der Waals surface area contributed by atoms with Crippen LogP contribution < -0.4 is 0 Å². The maximum atomic E-state index is 12.7. The Hall–Kier alpha value is -0.530. The minimum absolute atomic E-state index is 0.336. The summed E-state index contributed by atoms with van der Waals surface area (Å²) in [6.07, 6.45) is 3.45. The van der Waals surface area contributed by atoms with E-state index in [-0.39, 0.29) is 5.82 Å². The third kappa shape index (κ3) is 2.84. The summed E-state index contributed by atoms with van der Waals surface area (Å²) in [5, 5.41) is 0.393. The molecule has 1 aromatic carbocycles. The second-order valence-corrected chi connectivity index (χ2v) is 3.00. The van der Waals surface area contributed by atoms with E-state index >= 15 is 0 Å². The maximum absolute atomic E-state index is 12.7. The van der Waals surface area contributed by atoms with Gasteiger partial charge in [0.25, 0.3) is 0 Å². The smallest absolute Gasteiger partial charge is 0.125 e. The van der Waals surface area contributed by atoms with Crippen molar-refractivity contribution >= 4 is 29.3 Å². The van der Waals surface area contributed by atoms with Crippen LogP contribution >= 0.6 is 23.2 Å². The Balaban J connectivity index is 2.93. The van der Waals surface area contributed by atoms with Crippen molar-refractivity contribution < 1.29 is 4.39 Å². The minimum atomic E-state index is -0.336. The van der Waals surface area contributed by atoms with Crippen LogP contribution in [0.4, 0.5) is 4.39 Å². The van der Waals surface area contributed by atoms with Gasteiger partial charge in [0, 0.05) is 10.9 Å². The lowest BCUT2D eigenvalue weighted by atomic mass is 10.2. The van der Waals surface area contributed by atoms with E-state index in [1.54, 1.807) is 18.2 Å². The van der Waals surface area contributed by atoms with Gasteiger partial charge in [-0.1, -0.05) is 23.8 Å². The lowest BCUT2D eigenvalue weighted by molar-refractivity contribution is 0.627. The van der Waals surface area contributed by atoms with E-state index in [1.807, 2.05) is 0 Å². The molecule has 0 heterocycles. The molecule has 64 valence electrons. The molecule has 0 aliphatic heterocycles. The summed E-state index contributed by atoms with van der Waals surface area (Å²) >= 11 is 11.0. The molecule has 0 spiro atoms. The Bertz CT molecular complexity index is 274. The molecule has 0 unspecified atom stereocenters. The number of halogens is 3. The zero-order valence-electron chi connectivity index (χ0n) is 6.23. The Labute approximate surface area is 80.6 Å². The molecule has 0 bridgehead atoms. The van der Waals surface area contributed by atoms with Gasteiger partial charge in [0.2, 0.25) is 0 Å². The number of benzene rings is 1. The SMILES string of the molecule is Fc1cc(Cl)cc(C=CCCl)c1. The molecule has 1 aromatic rings. The largest absolute Gasteiger partial charge is 0.207 e. The van der Waals surface area contributed by atoms with Crippen LogP contribution in [0.3, 0.4) is 0 Å². The molecule has 0 atom stereocenters. The molecule has 0 radical (unpaired) electrons. The summed E-state index contributed by atoms with van der Waals surface area (Å²) in [5.41, 5.74) is 0.723. The maximum Gasteiger partial charge on any atom is 0.125 e.